The highest BCUT2D eigenvalue weighted by Crippen LogP contribution is 2.53. The van der Waals surface area contributed by atoms with Crippen LogP contribution < -0.4 is 17.2 Å². The number of carbonyl (C=O) groups excluding carboxylic acids is 2. The number of nitrogens with zero attached hydrogens (tertiary/aromatic N) is 6. The van der Waals surface area contributed by atoms with Crippen molar-refractivity contribution in [3.8, 4) is 0 Å². The highest BCUT2D eigenvalue weighted by Gasteiger charge is 2.58. The SMILES string of the molecule is COC[C@H]1OC[C@]2(c3cc(N)ccc3F)N=C(CC(=O)OC(C)(C)C)SC[C@H]12.COC[C@H]1OC[C@]2(c3cc([N+](=O)[O-])ccc3F)N=C(CC(=O)OC(C)(C)C)SC[C@H]12.COC[C@H]1OC[C@]2(c3cc([N+](=O)[O-])ccc3F)N=C(N)SC[C@H]12.COC[C@H]1OC[C@]2(c3ccccc3F)N=C(N)SC[C@H]12. The molecule has 550 valence electrons. The number of methoxy groups -OCH3 is 4. The molecule has 0 bridgehead atoms. The van der Waals surface area contributed by atoms with E-state index in [1.54, 1.807) is 67.4 Å². The predicted octanol–water partition coefficient (Wildman–Crippen LogP) is 10.0. The molecule has 12 rings (SSSR count). The maximum absolute atomic E-state index is 14.9. The van der Waals surface area contributed by atoms with E-state index in [0.29, 0.717) is 87.5 Å². The Morgan fingerprint density at radius 2 is 0.802 bits per heavy atom. The number of aliphatic imine (C=N–C) groups is 4. The normalized spacial score (nSPS) is 28.6. The number of fused-ring (bicyclic) bond motifs is 4. The fourth-order valence-electron chi connectivity index (χ4n) is 13.6. The van der Waals surface area contributed by atoms with Gasteiger partial charge in [-0.15, -0.1) is 23.5 Å². The summed E-state index contributed by atoms with van der Waals surface area (Å²) in [6.07, 6.45) is -0.887. The lowest BCUT2D eigenvalue weighted by Gasteiger charge is -2.36. The van der Waals surface area contributed by atoms with E-state index in [9.17, 15) is 47.4 Å². The molecule has 33 heteroatoms. The van der Waals surface area contributed by atoms with Crippen molar-refractivity contribution >= 4 is 96.5 Å². The summed E-state index contributed by atoms with van der Waals surface area (Å²) in [5, 5.41) is 24.2. The molecule has 12 atom stereocenters. The lowest BCUT2D eigenvalue weighted by Crippen LogP contribution is -2.43. The quantitative estimate of drug-likeness (QED) is 0.0274. The maximum atomic E-state index is 14.9. The van der Waals surface area contributed by atoms with Gasteiger partial charge >= 0.3 is 11.9 Å². The molecule has 4 aromatic rings. The molecule has 101 heavy (non-hydrogen) atoms. The molecule has 8 heterocycles. The Morgan fingerprint density at radius 1 is 0.485 bits per heavy atom. The zero-order chi connectivity index (χ0) is 73.4. The average Bonchev–Trinajstić information content (AvgIpc) is 1.66. The van der Waals surface area contributed by atoms with Crippen molar-refractivity contribution in [3.05, 3.63) is 145 Å². The Labute approximate surface area is 599 Å². The summed E-state index contributed by atoms with van der Waals surface area (Å²) >= 11 is 5.74. The van der Waals surface area contributed by atoms with Gasteiger partial charge in [0, 0.05) is 127 Å². The molecule has 25 nitrogen and oxygen atoms in total. The summed E-state index contributed by atoms with van der Waals surface area (Å²) in [5.41, 5.74) is 13.9. The standard InChI is InChI=1S/C20H25FN2O6S.C20H27FN2O4S.C14H16FN3O4S.C14H17FN2O2S/c1-19(2,3)29-18(24)8-17-22-20(11-28-16(9-27-4)14(20)10-30-17)13-7-12(23(25)26)5-6-15(13)21;1-19(2,3)27-18(24)8-17-23-20(13-7-12(22)5-6-15(13)21)11-26-16(9-25-4)14(20)10-28-17;1-21-5-12-10-6-23-13(16)17-14(10,7-22-12)9-4-8(18(19)20)2-3-11(9)15;1-18-6-12-10-7-20-13(16)17-14(10,8-19-12)9-4-2-3-5-11(9)15/h5-7,14,16H,8-11H2,1-4H3;5-7,14,16H,8-11,22H2,1-4H3;2-4,10,12H,5-7H2,1H3,(H2,16,17);2-5,10,12H,6-8H2,1H3,(H2,16,17)/t2*14-,16-,20-;2*10-,12-,14-/m1111/s1. The number of nitrogens with two attached hydrogens (primary N) is 3. The molecule has 4 aromatic carbocycles. The number of thioether (sulfide) groups is 4. The number of rotatable bonds is 18. The minimum Gasteiger partial charge on any atom is -0.460 e. The number of halogens is 4. The van der Waals surface area contributed by atoms with E-state index in [1.807, 2.05) is 26.8 Å². The summed E-state index contributed by atoms with van der Waals surface area (Å²) in [7, 11) is 6.35. The summed E-state index contributed by atoms with van der Waals surface area (Å²) in [4.78, 5) is 64.4. The van der Waals surface area contributed by atoms with E-state index in [0.717, 1.165) is 30.0 Å². The number of non-ortho nitro benzene ring substituents is 2. The number of hydrogen-bond donors (Lipinski definition) is 3. The van der Waals surface area contributed by atoms with Crippen molar-refractivity contribution < 1.29 is 84.4 Å². The topological polar surface area (TPSA) is 340 Å². The average molecular weight is 1490 g/mol. The lowest BCUT2D eigenvalue weighted by atomic mass is 9.78. The summed E-state index contributed by atoms with van der Waals surface area (Å²) < 4.78 is 114. The number of anilines is 1. The predicted molar refractivity (Wildman–Crippen MR) is 379 cm³/mol. The van der Waals surface area contributed by atoms with Crippen LogP contribution in [-0.2, 0) is 79.1 Å². The first kappa shape index (κ1) is 78.6. The smallest absolute Gasteiger partial charge is 0.312 e. The molecule has 0 spiro atoms. The fraction of sp³-hybridized carbons (Fsp3) is 0.559. The van der Waals surface area contributed by atoms with E-state index in [1.165, 1.54) is 77.4 Å². The maximum Gasteiger partial charge on any atom is 0.312 e. The van der Waals surface area contributed by atoms with Crippen molar-refractivity contribution in [3.63, 3.8) is 0 Å². The molecule has 4 fully saturated rings. The number of nitrogen functional groups attached to an aromatic ring is 1. The minimum absolute atomic E-state index is 0.0438. The molecule has 0 amide bonds. The van der Waals surface area contributed by atoms with Gasteiger partial charge < -0.3 is 64.6 Å². The molecule has 0 aromatic heterocycles. The van der Waals surface area contributed by atoms with Gasteiger partial charge in [-0.3, -0.25) is 39.8 Å². The van der Waals surface area contributed by atoms with Crippen molar-refractivity contribution in [2.45, 2.75) is 112 Å². The van der Waals surface area contributed by atoms with Crippen LogP contribution in [0.3, 0.4) is 0 Å². The Bertz CT molecular complexity index is 3820. The third-order valence-electron chi connectivity index (χ3n) is 18.1. The second-order valence-corrected chi connectivity index (χ2v) is 31.4. The minimum atomic E-state index is -1.16. The van der Waals surface area contributed by atoms with Crippen LogP contribution in [0.5, 0.6) is 0 Å². The van der Waals surface area contributed by atoms with Gasteiger partial charge in [0.2, 0.25) is 0 Å². The van der Waals surface area contributed by atoms with Crippen LogP contribution in [0.1, 0.15) is 76.6 Å². The Balaban J connectivity index is 0.000000158. The van der Waals surface area contributed by atoms with Crippen molar-refractivity contribution in [1.29, 1.82) is 0 Å². The first-order valence-corrected chi connectivity index (χ1v) is 36.2. The van der Waals surface area contributed by atoms with E-state index in [4.69, 9.17) is 74.6 Å². The Morgan fingerprint density at radius 3 is 1.15 bits per heavy atom. The number of nitro groups is 2. The molecule has 0 radical (unpaired) electrons. The molecule has 0 aliphatic carbocycles. The molecule has 0 unspecified atom stereocenters. The molecule has 8 aliphatic heterocycles. The third kappa shape index (κ3) is 17.8. The van der Waals surface area contributed by atoms with Gasteiger partial charge in [-0.2, -0.15) is 0 Å². The number of benzene rings is 4. The van der Waals surface area contributed by atoms with Crippen LogP contribution in [0.4, 0.5) is 34.6 Å². The monoisotopic (exact) mass is 1490 g/mol. The largest absolute Gasteiger partial charge is 0.460 e. The Kier molecular flexibility index (Phi) is 25.8. The zero-order valence-electron chi connectivity index (χ0n) is 57.6. The number of hydrogen-bond acceptors (Lipinski definition) is 27. The molecular weight excluding hydrogens is 1400 g/mol. The zero-order valence-corrected chi connectivity index (χ0v) is 60.9. The van der Waals surface area contributed by atoms with Crippen molar-refractivity contribution in [1.82, 2.24) is 0 Å². The number of esters is 2. The molecule has 6 N–H and O–H groups in total. The van der Waals surface area contributed by atoms with Crippen LogP contribution in [0.15, 0.2) is 98.8 Å². The molecular formula is C68H85F4N9O16S4. The van der Waals surface area contributed by atoms with Crippen LogP contribution in [0, 0.1) is 67.2 Å². The van der Waals surface area contributed by atoms with Crippen molar-refractivity contribution in [2.24, 2.45) is 55.1 Å². The first-order chi connectivity index (χ1) is 47.8. The van der Waals surface area contributed by atoms with Crippen LogP contribution >= 0.6 is 47.0 Å². The number of nitro benzene ring substituents is 2. The number of amidine groups is 2. The highest BCUT2D eigenvalue weighted by atomic mass is 32.2. The summed E-state index contributed by atoms with van der Waals surface area (Å²) in [6, 6.07) is 18.1. The van der Waals surface area contributed by atoms with Gasteiger partial charge in [-0.05, 0) is 77.9 Å². The van der Waals surface area contributed by atoms with E-state index < -0.39 is 60.8 Å². The first-order valence-electron chi connectivity index (χ1n) is 32.3. The summed E-state index contributed by atoms with van der Waals surface area (Å²) in [6.45, 7) is 13.0. The lowest BCUT2D eigenvalue weighted by molar-refractivity contribution is -0.385. The highest BCUT2D eigenvalue weighted by molar-refractivity contribution is 8.14. The second kappa shape index (κ2) is 33.1. The van der Waals surface area contributed by atoms with Gasteiger partial charge in [0.05, 0.1) is 110 Å². The van der Waals surface area contributed by atoms with Crippen LogP contribution in [0.2, 0.25) is 0 Å². The van der Waals surface area contributed by atoms with Gasteiger partial charge in [-0.1, -0.05) is 41.7 Å². The van der Waals surface area contributed by atoms with E-state index in [-0.39, 0.29) is 121 Å². The fourth-order valence-corrected chi connectivity index (χ4v) is 18.4. The molecule has 4 saturated heterocycles. The van der Waals surface area contributed by atoms with Gasteiger partial charge in [-0.25, -0.2) is 27.5 Å². The molecule has 8 aliphatic rings. The van der Waals surface area contributed by atoms with Gasteiger partial charge in [0.1, 0.15) is 56.6 Å². The third-order valence-corrected chi connectivity index (χ3v) is 22.1. The van der Waals surface area contributed by atoms with Gasteiger partial charge in [0.15, 0.2) is 10.3 Å². The van der Waals surface area contributed by atoms with Gasteiger partial charge in [0.25, 0.3) is 11.4 Å². The number of carbonyl (C=O) groups is 2. The Hall–Kier alpha value is -6.50. The van der Waals surface area contributed by atoms with Crippen molar-refractivity contribution in [2.75, 3.05) is 110 Å². The molecule has 0 saturated carbocycles. The van der Waals surface area contributed by atoms with Crippen LogP contribution in [0.25, 0.3) is 0 Å². The number of ether oxygens (including phenoxy) is 10. The van der Waals surface area contributed by atoms with E-state index >= 15 is 0 Å². The van der Waals surface area contributed by atoms with Crippen LogP contribution in [-0.4, -0.2) is 182 Å². The summed E-state index contributed by atoms with van der Waals surface area (Å²) in [5.74, 6) is -0.529. The second-order valence-electron chi connectivity index (χ2n) is 27.1. The van der Waals surface area contributed by atoms with E-state index in [2.05, 4.69) is 9.98 Å².